The van der Waals surface area contributed by atoms with E-state index in [1.165, 1.54) is 0 Å². The molecular formula is C16H22N2O3. The largest absolute Gasteiger partial charge is 0.481 e. The van der Waals surface area contributed by atoms with E-state index in [2.05, 4.69) is 11.9 Å². The summed E-state index contributed by atoms with van der Waals surface area (Å²) >= 11 is 0. The van der Waals surface area contributed by atoms with E-state index in [1.54, 1.807) is 35.2 Å². The van der Waals surface area contributed by atoms with Crippen LogP contribution >= 0.6 is 0 Å². The maximum Gasteiger partial charge on any atom is 0.322 e. The minimum Gasteiger partial charge on any atom is -0.481 e. The van der Waals surface area contributed by atoms with Crippen molar-refractivity contribution in [1.82, 2.24) is 4.90 Å². The Morgan fingerprint density at radius 3 is 2.48 bits per heavy atom. The van der Waals surface area contributed by atoms with E-state index in [1.807, 2.05) is 20.8 Å². The summed E-state index contributed by atoms with van der Waals surface area (Å²) in [6.07, 6.45) is 1.53. The van der Waals surface area contributed by atoms with Gasteiger partial charge in [0, 0.05) is 17.8 Å². The summed E-state index contributed by atoms with van der Waals surface area (Å²) in [5, 5.41) is 11.7. The van der Waals surface area contributed by atoms with Crippen molar-refractivity contribution in [2.45, 2.75) is 32.7 Å². The molecule has 0 fully saturated rings. The molecule has 0 aliphatic rings. The molecule has 5 heteroatoms. The second-order valence-corrected chi connectivity index (χ2v) is 5.73. The van der Waals surface area contributed by atoms with Crippen LogP contribution in [0.25, 0.3) is 0 Å². The highest BCUT2D eigenvalue weighted by Gasteiger charge is 2.25. The van der Waals surface area contributed by atoms with Gasteiger partial charge in [0.1, 0.15) is 0 Å². The molecule has 5 nitrogen and oxygen atoms in total. The molecule has 1 rings (SSSR count). The Hall–Kier alpha value is -2.30. The van der Waals surface area contributed by atoms with Gasteiger partial charge in [-0.1, -0.05) is 24.3 Å². The van der Waals surface area contributed by atoms with Gasteiger partial charge in [-0.2, -0.15) is 0 Å². The highest BCUT2D eigenvalue weighted by Crippen LogP contribution is 2.19. The van der Waals surface area contributed by atoms with Gasteiger partial charge in [-0.3, -0.25) is 4.79 Å². The molecule has 2 N–H and O–H groups in total. The number of urea groups is 1. The fourth-order valence-electron chi connectivity index (χ4n) is 1.93. The van der Waals surface area contributed by atoms with E-state index in [9.17, 15) is 9.59 Å². The second-order valence-electron chi connectivity index (χ2n) is 5.73. The number of para-hydroxylation sites is 1. The van der Waals surface area contributed by atoms with Crippen molar-refractivity contribution < 1.29 is 14.7 Å². The van der Waals surface area contributed by atoms with Crippen LogP contribution in [0.1, 0.15) is 26.3 Å². The molecule has 0 saturated heterocycles. The van der Waals surface area contributed by atoms with E-state index in [0.29, 0.717) is 17.8 Å². The number of carbonyl (C=O) groups is 2. The fraction of sp³-hybridized carbons (Fsp3) is 0.375. The van der Waals surface area contributed by atoms with Crippen LogP contribution in [0, 0.1) is 0 Å². The fourth-order valence-corrected chi connectivity index (χ4v) is 1.93. The highest BCUT2D eigenvalue weighted by atomic mass is 16.4. The van der Waals surface area contributed by atoms with Gasteiger partial charge >= 0.3 is 12.0 Å². The molecular weight excluding hydrogens is 268 g/mol. The first-order chi connectivity index (χ1) is 9.75. The molecule has 0 spiro atoms. The quantitative estimate of drug-likeness (QED) is 0.818. The molecule has 0 unspecified atom stereocenters. The first-order valence-corrected chi connectivity index (χ1v) is 6.75. The van der Waals surface area contributed by atoms with Gasteiger partial charge in [0.05, 0.1) is 6.42 Å². The van der Waals surface area contributed by atoms with E-state index in [4.69, 9.17) is 5.11 Å². The second kappa shape index (κ2) is 6.92. The summed E-state index contributed by atoms with van der Waals surface area (Å²) in [6.45, 7) is 9.86. The van der Waals surface area contributed by atoms with Crippen molar-refractivity contribution >= 4 is 17.7 Å². The van der Waals surface area contributed by atoms with Crippen LogP contribution in [0.15, 0.2) is 36.9 Å². The number of carboxylic acids is 1. The standard InChI is InChI=1S/C16H22N2O3/c1-5-10-18(16(2,3)4)15(21)17-13-9-7-6-8-12(13)11-14(19)20/h5-9H,1,10-11H2,2-4H3,(H,17,21)(H,19,20). The number of hydrogen-bond donors (Lipinski definition) is 2. The average molecular weight is 290 g/mol. The topological polar surface area (TPSA) is 69.6 Å². The third-order valence-electron chi connectivity index (χ3n) is 2.97. The van der Waals surface area contributed by atoms with Crippen molar-refractivity contribution in [3.8, 4) is 0 Å². The SMILES string of the molecule is C=CCN(C(=O)Nc1ccccc1CC(=O)O)C(C)(C)C. The van der Waals surface area contributed by atoms with Crippen LogP contribution in [-0.4, -0.2) is 34.1 Å². The maximum atomic E-state index is 12.4. The summed E-state index contributed by atoms with van der Waals surface area (Å²) in [7, 11) is 0. The number of anilines is 1. The number of hydrogen-bond acceptors (Lipinski definition) is 2. The zero-order valence-corrected chi connectivity index (χ0v) is 12.7. The van der Waals surface area contributed by atoms with Gasteiger partial charge in [0.25, 0.3) is 0 Å². The lowest BCUT2D eigenvalue weighted by atomic mass is 10.1. The number of aliphatic carboxylic acids is 1. The molecule has 0 aromatic heterocycles. The molecule has 0 heterocycles. The smallest absolute Gasteiger partial charge is 0.322 e. The minimum absolute atomic E-state index is 0.132. The molecule has 0 aliphatic heterocycles. The Bertz CT molecular complexity index is 533. The molecule has 2 amide bonds. The zero-order chi connectivity index (χ0) is 16.0. The van der Waals surface area contributed by atoms with Crippen molar-refractivity contribution in [1.29, 1.82) is 0 Å². The predicted molar refractivity (Wildman–Crippen MR) is 83.5 cm³/mol. The van der Waals surface area contributed by atoms with E-state index < -0.39 is 5.97 Å². The normalized spacial score (nSPS) is 10.8. The Morgan fingerprint density at radius 2 is 1.95 bits per heavy atom. The van der Waals surface area contributed by atoms with Crippen LogP contribution < -0.4 is 5.32 Å². The summed E-state index contributed by atoms with van der Waals surface area (Å²) < 4.78 is 0. The molecule has 0 saturated carbocycles. The molecule has 0 bridgehead atoms. The number of benzene rings is 1. The lowest BCUT2D eigenvalue weighted by Crippen LogP contribution is -2.47. The van der Waals surface area contributed by atoms with Gasteiger partial charge in [0.2, 0.25) is 0 Å². The average Bonchev–Trinajstić information content (AvgIpc) is 2.36. The zero-order valence-electron chi connectivity index (χ0n) is 12.7. The van der Waals surface area contributed by atoms with E-state index in [-0.39, 0.29) is 18.0 Å². The van der Waals surface area contributed by atoms with Crippen molar-refractivity contribution in [2.24, 2.45) is 0 Å². The molecule has 1 aromatic carbocycles. The van der Waals surface area contributed by atoms with Crippen LogP contribution in [0.2, 0.25) is 0 Å². The highest BCUT2D eigenvalue weighted by molar-refractivity contribution is 5.91. The van der Waals surface area contributed by atoms with E-state index in [0.717, 1.165) is 0 Å². The molecule has 21 heavy (non-hydrogen) atoms. The van der Waals surface area contributed by atoms with Crippen molar-refractivity contribution in [2.75, 3.05) is 11.9 Å². The van der Waals surface area contributed by atoms with Gasteiger partial charge in [-0.15, -0.1) is 6.58 Å². The summed E-state index contributed by atoms with van der Waals surface area (Å²) in [4.78, 5) is 24.9. The number of nitrogens with zero attached hydrogens (tertiary/aromatic N) is 1. The number of rotatable bonds is 5. The predicted octanol–water partition coefficient (Wildman–Crippen LogP) is 3.13. The lowest BCUT2D eigenvalue weighted by Gasteiger charge is -2.35. The minimum atomic E-state index is -0.935. The van der Waals surface area contributed by atoms with Crippen molar-refractivity contribution in [3.63, 3.8) is 0 Å². The molecule has 0 aliphatic carbocycles. The summed E-state index contributed by atoms with van der Waals surface area (Å²) in [5.41, 5.74) is 0.731. The van der Waals surface area contributed by atoms with Crippen LogP contribution in [0.3, 0.4) is 0 Å². The monoisotopic (exact) mass is 290 g/mol. The third-order valence-corrected chi connectivity index (χ3v) is 2.97. The third kappa shape index (κ3) is 4.95. The van der Waals surface area contributed by atoms with Gasteiger partial charge in [0.15, 0.2) is 0 Å². The summed E-state index contributed by atoms with van der Waals surface area (Å²) in [5.74, 6) is -0.935. The number of amides is 2. The molecule has 0 radical (unpaired) electrons. The number of carbonyl (C=O) groups excluding carboxylic acids is 1. The van der Waals surface area contributed by atoms with Crippen LogP contribution in [0.4, 0.5) is 10.5 Å². The first-order valence-electron chi connectivity index (χ1n) is 6.75. The first kappa shape index (κ1) is 16.8. The lowest BCUT2D eigenvalue weighted by molar-refractivity contribution is -0.136. The van der Waals surface area contributed by atoms with Gasteiger partial charge < -0.3 is 15.3 Å². The Morgan fingerprint density at radius 1 is 1.33 bits per heavy atom. The molecule has 0 atom stereocenters. The Balaban J connectivity index is 2.96. The maximum absolute atomic E-state index is 12.4. The Labute approximate surface area is 125 Å². The van der Waals surface area contributed by atoms with Crippen molar-refractivity contribution in [3.05, 3.63) is 42.5 Å². The summed E-state index contributed by atoms with van der Waals surface area (Å²) in [6, 6.07) is 6.62. The van der Waals surface area contributed by atoms with Gasteiger partial charge in [-0.05, 0) is 32.4 Å². The van der Waals surface area contributed by atoms with Gasteiger partial charge in [-0.25, -0.2) is 4.79 Å². The number of carboxylic acid groups (broad SMARTS) is 1. The van der Waals surface area contributed by atoms with Crippen LogP contribution in [-0.2, 0) is 11.2 Å². The Kier molecular flexibility index (Phi) is 5.52. The molecule has 1 aromatic rings. The van der Waals surface area contributed by atoms with Crippen LogP contribution in [0.5, 0.6) is 0 Å². The number of nitrogens with one attached hydrogen (secondary N) is 1. The molecule has 114 valence electrons. The van der Waals surface area contributed by atoms with E-state index >= 15 is 0 Å².